The van der Waals surface area contributed by atoms with E-state index in [-0.39, 0.29) is 0 Å². The molecule has 0 N–H and O–H groups in total. The van der Waals surface area contributed by atoms with Crippen LogP contribution in [0.2, 0.25) is 0 Å². The summed E-state index contributed by atoms with van der Waals surface area (Å²) in [5, 5.41) is 0. The van der Waals surface area contributed by atoms with Gasteiger partial charge in [0.1, 0.15) is 0 Å². The zero-order valence-corrected chi connectivity index (χ0v) is 14.2. The third-order valence-corrected chi connectivity index (χ3v) is 5.27. The van der Waals surface area contributed by atoms with E-state index in [4.69, 9.17) is 0 Å². The fraction of sp³-hybridized carbons (Fsp3) is 1.00. The van der Waals surface area contributed by atoms with E-state index in [0.29, 0.717) is 5.41 Å². The van der Waals surface area contributed by atoms with E-state index in [9.17, 15) is 0 Å². The van der Waals surface area contributed by atoms with Crippen molar-refractivity contribution in [3.63, 3.8) is 0 Å². The van der Waals surface area contributed by atoms with Crippen LogP contribution in [0.5, 0.6) is 0 Å². The number of rotatable bonds is 10. The van der Waals surface area contributed by atoms with Crippen LogP contribution < -0.4 is 0 Å². The lowest BCUT2D eigenvalue weighted by Crippen LogP contribution is -2.29. The lowest BCUT2D eigenvalue weighted by atomic mass is 9.68. The van der Waals surface area contributed by atoms with E-state index in [1.165, 1.54) is 44.9 Å². The van der Waals surface area contributed by atoms with Crippen LogP contribution in [0, 0.1) is 23.2 Å². The Hall–Kier alpha value is 0. The van der Waals surface area contributed by atoms with Gasteiger partial charge in [-0.25, -0.2) is 0 Å². The molecule has 3 atom stereocenters. The smallest absolute Gasteiger partial charge is 0.0329 e. The van der Waals surface area contributed by atoms with E-state index < -0.39 is 0 Å². The van der Waals surface area contributed by atoms with Gasteiger partial charge >= 0.3 is 0 Å². The monoisotopic (exact) mass is 254 g/mol. The Kier molecular flexibility index (Phi) is 8.99. The summed E-state index contributed by atoms with van der Waals surface area (Å²) in [6.45, 7) is 16.9. The molecule has 0 aliphatic heterocycles. The van der Waals surface area contributed by atoms with Crippen molar-refractivity contribution in [2.24, 2.45) is 23.2 Å². The van der Waals surface area contributed by atoms with Crippen LogP contribution in [0.4, 0.5) is 0 Å². The van der Waals surface area contributed by atoms with Crippen LogP contribution >= 0.6 is 0 Å². The molecule has 110 valence electrons. The normalized spacial score (nSPS) is 17.5. The number of hydrogen-bond acceptors (Lipinski definition) is 0. The standard InChI is InChI=1S/C18H38/c1-8-11-13-15(4)14-17(12-9-2)16(5)18(6,7)10-3/h15-17H,8-14H2,1-7H3. The molecule has 0 saturated heterocycles. The quantitative estimate of drug-likeness (QED) is 0.407. The molecular formula is C18H38. The van der Waals surface area contributed by atoms with Gasteiger partial charge in [0.05, 0.1) is 0 Å². The zero-order chi connectivity index (χ0) is 14.2. The molecule has 0 aromatic rings. The predicted octanol–water partition coefficient (Wildman–Crippen LogP) is 6.69. The maximum atomic E-state index is 2.50. The molecule has 0 aliphatic rings. The zero-order valence-electron chi connectivity index (χ0n) is 14.2. The molecule has 18 heavy (non-hydrogen) atoms. The first-order valence-electron chi connectivity index (χ1n) is 8.38. The Morgan fingerprint density at radius 2 is 1.50 bits per heavy atom. The van der Waals surface area contributed by atoms with Crippen molar-refractivity contribution in [2.45, 2.75) is 93.4 Å². The summed E-state index contributed by atoms with van der Waals surface area (Å²) in [4.78, 5) is 0. The molecule has 0 aromatic carbocycles. The fourth-order valence-electron chi connectivity index (χ4n) is 3.09. The third kappa shape index (κ3) is 6.25. The minimum absolute atomic E-state index is 0.504. The van der Waals surface area contributed by atoms with Gasteiger partial charge < -0.3 is 0 Å². The first-order valence-corrected chi connectivity index (χ1v) is 8.38. The van der Waals surface area contributed by atoms with Crippen LogP contribution in [0.15, 0.2) is 0 Å². The van der Waals surface area contributed by atoms with Gasteiger partial charge in [-0.3, -0.25) is 0 Å². The van der Waals surface area contributed by atoms with Crippen LogP contribution in [0.1, 0.15) is 93.4 Å². The van der Waals surface area contributed by atoms with Crippen molar-refractivity contribution in [3.8, 4) is 0 Å². The van der Waals surface area contributed by atoms with E-state index in [1.54, 1.807) is 0 Å². The minimum atomic E-state index is 0.504. The highest BCUT2D eigenvalue weighted by molar-refractivity contribution is 4.80. The molecule has 0 bridgehead atoms. The average Bonchev–Trinajstić information content (AvgIpc) is 2.34. The van der Waals surface area contributed by atoms with E-state index >= 15 is 0 Å². The van der Waals surface area contributed by atoms with Gasteiger partial charge in [-0.15, -0.1) is 0 Å². The Morgan fingerprint density at radius 3 is 1.94 bits per heavy atom. The summed E-state index contributed by atoms with van der Waals surface area (Å²) in [5.74, 6) is 2.69. The van der Waals surface area contributed by atoms with Crippen LogP contribution in [-0.2, 0) is 0 Å². The highest BCUT2D eigenvalue weighted by Crippen LogP contribution is 2.40. The highest BCUT2D eigenvalue weighted by Gasteiger charge is 2.30. The second-order valence-corrected chi connectivity index (χ2v) is 7.16. The van der Waals surface area contributed by atoms with Gasteiger partial charge in [-0.05, 0) is 29.6 Å². The maximum absolute atomic E-state index is 2.50. The summed E-state index contributed by atoms with van der Waals surface area (Å²) in [7, 11) is 0. The summed E-state index contributed by atoms with van der Waals surface area (Å²) >= 11 is 0. The molecule has 0 aromatic heterocycles. The van der Waals surface area contributed by atoms with E-state index in [2.05, 4.69) is 48.5 Å². The summed E-state index contributed by atoms with van der Waals surface area (Å²) in [6, 6.07) is 0. The molecule has 3 unspecified atom stereocenters. The molecule has 0 aliphatic carbocycles. The minimum Gasteiger partial charge on any atom is -0.0654 e. The van der Waals surface area contributed by atoms with Crippen molar-refractivity contribution >= 4 is 0 Å². The Labute approximate surface area is 117 Å². The predicted molar refractivity (Wildman–Crippen MR) is 84.9 cm³/mol. The second-order valence-electron chi connectivity index (χ2n) is 7.16. The molecule has 0 heterocycles. The number of unbranched alkanes of at least 4 members (excludes halogenated alkanes) is 1. The summed E-state index contributed by atoms with van der Waals surface area (Å²) in [6.07, 6.45) is 9.69. The van der Waals surface area contributed by atoms with Crippen molar-refractivity contribution in [1.82, 2.24) is 0 Å². The van der Waals surface area contributed by atoms with Crippen LogP contribution in [-0.4, -0.2) is 0 Å². The lowest BCUT2D eigenvalue weighted by Gasteiger charge is -2.38. The topological polar surface area (TPSA) is 0 Å². The van der Waals surface area contributed by atoms with Crippen LogP contribution in [0.3, 0.4) is 0 Å². The van der Waals surface area contributed by atoms with Gasteiger partial charge in [0.2, 0.25) is 0 Å². The molecule has 0 amide bonds. The highest BCUT2D eigenvalue weighted by atomic mass is 14.4. The Morgan fingerprint density at radius 1 is 0.889 bits per heavy atom. The van der Waals surface area contributed by atoms with Gasteiger partial charge in [0, 0.05) is 0 Å². The lowest BCUT2D eigenvalue weighted by molar-refractivity contribution is 0.122. The summed E-state index contributed by atoms with van der Waals surface area (Å²) in [5.41, 5.74) is 0.504. The Balaban J connectivity index is 4.45. The number of hydrogen-bond donors (Lipinski definition) is 0. The molecule has 0 nitrogen and oxygen atoms in total. The molecule has 0 spiro atoms. The first kappa shape index (κ1) is 18.0. The maximum Gasteiger partial charge on any atom is -0.0329 e. The first-order chi connectivity index (χ1) is 8.38. The van der Waals surface area contributed by atoms with Crippen molar-refractivity contribution in [1.29, 1.82) is 0 Å². The molecule has 0 fully saturated rings. The van der Waals surface area contributed by atoms with E-state index in [0.717, 1.165) is 17.8 Å². The molecule has 0 rings (SSSR count). The van der Waals surface area contributed by atoms with Gasteiger partial charge in [0.15, 0.2) is 0 Å². The molecule has 0 saturated carbocycles. The largest absolute Gasteiger partial charge is 0.0654 e. The third-order valence-electron chi connectivity index (χ3n) is 5.27. The average molecular weight is 255 g/mol. The Bertz CT molecular complexity index is 192. The van der Waals surface area contributed by atoms with Gasteiger partial charge in [-0.1, -0.05) is 87.0 Å². The SMILES string of the molecule is CCCCC(C)CC(CCC)C(C)C(C)(C)CC. The van der Waals surface area contributed by atoms with Crippen molar-refractivity contribution in [3.05, 3.63) is 0 Å². The van der Waals surface area contributed by atoms with Gasteiger partial charge in [0.25, 0.3) is 0 Å². The molecule has 0 radical (unpaired) electrons. The fourth-order valence-corrected chi connectivity index (χ4v) is 3.09. The van der Waals surface area contributed by atoms with Crippen molar-refractivity contribution < 1.29 is 0 Å². The second kappa shape index (κ2) is 8.99. The van der Waals surface area contributed by atoms with E-state index in [1.807, 2.05) is 0 Å². The summed E-state index contributed by atoms with van der Waals surface area (Å²) < 4.78 is 0. The van der Waals surface area contributed by atoms with Crippen molar-refractivity contribution in [2.75, 3.05) is 0 Å². The molecular weight excluding hydrogens is 216 g/mol. The van der Waals surface area contributed by atoms with Crippen LogP contribution in [0.25, 0.3) is 0 Å². The molecule has 0 heteroatoms. The van der Waals surface area contributed by atoms with Gasteiger partial charge in [-0.2, -0.15) is 0 Å².